The number of aliphatic carboxylic acids is 1. The molecule has 4 heteroatoms. The van der Waals surface area contributed by atoms with Crippen LogP contribution in [0.15, 0.2) is 0 Å². The van der Waals surface area contributed by atoms with Gasteiger partial charge in [-0.15, -0.1) is 0 Å². The molecule has 14 heavy (non-hydrogen) atoms. The Balaban J connectivity index is 2.87. The Labute approximate surface area is 83.7 Å². The summed E-state index contributed by atoms with van der Waals surface area (Å²) in [5, 5.41) is 11.9. The molecule has 0 bridgehead atoms. The fraction of sp³-hybridized carbons (Fsp3) is 0.800. The molecule has 2 N–H and O–H groups in total. The van der Waals surface area contributed by atoms with Crippen LogP contribution in [-0.4, -0.2) is 23.5 Å². The van der Waals surface area contributed by atoms with Crippen LogP contribution in [0.2, 0.25) is 0 Å². The highest BCUT2D eigenvalue weighted by Gasteiger charge is 2.42. The third-order valence-electron chi connectivity index (χ3n) is 3.22. The Morgan fingerprint density at radius 1 is 1.50 bits per heavy atom. The van der Waals surface area contributed by atoms with E-state index in [1.807, 2.05) is 13.8 Å². The summed E-state index contributed by atoms with van der Waals surface area (Å²) in [4.78, 5) is 22.4. The second-order valence-corrected chi connectivity index (χ2v) is 4.22. The number of carboxylic acids is 1. The van der Waals surface area contributed by atoms with Crippen LogP contribution < -0.4 is 5.32 Å². The minimum atomic E-state index is -0.774. The van der Waals surface area contributed by atoms with Gasteiger partial charge in [-0.25, -0.2) is 0 Å². The van der Waals surface area contributed by atoms with Gasteiger partial charge in [-0.1, -0.05) is 13.8 Å². The standard InChI is InChI=1S/C10H17NO3/c1-7(2)10(9(13)14)4-3-8(12)11-6-5-10/h7H,3-6H2,1-2H3,(H,11,12)(H,13,14)/t10-/m0/s1. The van der Waals surface area contributed by atoms with Crippen molar-refractivity contribution in [2.75, 3.05) is 6.54 Å². The summed E-state index contributed by atoms with van der Waals surface area (Å²) in [5.41, 5.74) is -0.723. The molecule has 80 valence electrons. The highest BCUT2D eigenvalue weighted by Crippen LogP contribution is 2.37. The molecule has 0 saturated carbocycles. The predicted molar refractivity (Wildman–Crippen MR) is 51.8 cm³/mol. The zero-order valence-electron chi connectivity index (χ0n) is 8.67. The zero-order valence-corrected chi connectivity index (χ0v) is 8.67. The summed E-state index contributed by atoms with van der Waals surface area (Å²) >= 11 is 0. The molecule has 1 aliphatic heterocycles. The second-order valence-electron chi connectivity index (χ2n) is 4.22. The molecule has 0 aromatic carbocycles. The molecule has 4 nitrogen and oxygen atoms in total. The average Bonchev–Trinajstić information content (AvgIpc) is 2.27. The van der Waals surface area contributed by atoms with Crippen LogP contribution in [0.1, 0.15) is 33.1 Å². The van der Waals surface area contributed by atoms with E-state index in [1.54, 1.807) is 0 Å². The Kier molecular flexibility index (Phi) is 3.13. The van der Waals surface area contributed by atoms with Gasteiger partial charge < -0.3 is 10.4 Å². The maximum absolute atomic E-state index is 11.2. The van der Waals surface area contributed by atoms with Crippen molar-refractivity contribution in [2.24, 2.45) is 11.3 Å². The molecular weight excluding hydrogens is 182 g/mol. The van der Waals surface area contributed by atoms with Crippen molar-refractivity contribution < 1.29 is 14.7 Å². The smallest absolute Gasteiger partial charge is 0.309 e. The number of hydrogen-bond acceptors (Lipinski definition) is 2. The number of carbonyl (C=O) groups excluding carboxylic acids is 1. The van der Waals surface area contributed by atoms with Gasteiger partial charge in [-0.3, -0.25) is 9.59 Å². The second kappa shape index (κ2) is 3.98. The molecule has 1 heterocycles. The van der Waals surface area contributed by atoms with Crippen molar-refractivity contribution in [3.63, 3.8) is 0 Å². The summed E-state index contributed by atoms with van der Waals surface area (Å²) < 4.78 is 0. The third kappa shape index (κ3) is 1.89. The van der Waals surface area contributed by atoms with Crippen molar-refractivity contribution in [2.45, 2.75) is 33.1 Å². The molecular formula is C10H17NO3. The number of nitrogens with one attached hydrogen (secondary N) is 1. The van der Waals surface area contributed by atoms with E-state index in [9.17, 15) is 14.7 Å². The lowest BCUT2D eigenvalue weighted by molar-refractivity contribution is -0.152. The van der Waals surface area contributed by atoms with Crippen LogP contribution in [-0.2, 0) is 9.59 Å². The average molecular weight is 199 g/mol. The molecule has 0 aromatic heterocycles. The Morgan fingerprint density at radius 2 is 2.14 bits per heavy atom. The molecule has 1 aliphatic rings. The molecule has 1 saturated heterocycles. The molecule has 0 radical (unpaired) electrons. The van der Waals surface area contributed by atoms with Crippen LogP contribution in [0.25, 0.3) is 0 Å². The summed E-state index contributed by atoms with van der Waals surface area (Å²) in [6.45, 7) is 4.29. The maximum atomic E-state index is 11.2. The zero-order chi connectivity index (χ0) is 10.8. The summed E-state index contributed by atoms with van der Waals surface area (Å²) in [7, 11) is 0. The maximum Gasteiger partial charge on any atom is 0.309 e. The Hall–Kier alpha value is -1.06. The first-order valence-corrected chi connectivity index (χ1v) is 4.99. The molecule has 1 amide bonds. The highest BCUT2D eigenvalue weighted by molar-refractivity contribution is 5.80. The number of carbonyl (C=O) groups is 2. The Morgan fingerprint density at radius 3 is 2.64 bits per heavy atom. The van der Waals surface area contributed by atoms with Gasteiger partial charge in [-0.2, -0.15) is 0 Å². The first-order valence-electron chi connectivity index (χ1n) is 4.99. The van der Waals surface area contributed by atoms with E-state index in [4.69, 9.17) is 0 Å². The van der Waals surface area contributed by atoms with E-state index in [0.29, 0.717) is 25.8 Å². The van der Waals surface area contributed by atoms with Crippen molar-refractivity contribution in [3.8, 4) is 0 Å². The quantitative estimate of drug-likeness (QED) is 0.697. The SMILES string of the molecule is CC(C)[C@@]1(C(=O)O)CCNC(=O)CC1. The van der Waals surface area contributed by atoms with E-state index in [-0.39, 0.29) is 11.8 Å². The monoisotopic (exact) mass is 199 g/mol. The fourth-order valence-electron chi connectivity index (χ4n) is 2.01. The predicted octanol–water partition coefficient (Wildman–Crippen LogP) is 1.01. The van der Waals surface area contributed by atoms with Crippen LogP contribution >= 0.6 is 0 Å². The molecule has 0 aliphatic carbocycles. The lowest BCUT2D eigenvalue weighted by Gasteiger charge is -2.31. The van der Waals surface area contributed by atoms with Crippen molar-refractivity contribution in [1.29, 1.82) is 0 Å². The minimum absolute atomic E-state index is 0.0335. The van der Waals surface area contributed by atoms with Gasteiger partial charge in [0.15, 0.2) is 0 Å². The summed E-state index contributed by atoms with van der Waals surface area (Å²) in [5.74, 6) is -0.745. The van der Waals surface area contributed by atoms with Crippen molar-refractivity contribution >= 4 is 11.9 Å². The molecule has 0 aromatic rings. The van der Waals surface area contributed by atoms with Crippen molar-refractivity contribution in [3.05, 3.63) is 0 Å². The normalized spacial score (nSPS) is 28.4. The number of carboxylic acid groups (broad SMARTS) is 1. The molecule has 1 fully saturated rings. The fourth-order valence-corrected chi connectivity index (χ4v) is 2.01. The van der Waals surface area contributed by atoms with Gasteiger partial charge in [0.2, 0.25) is 5.91 Å². The highest BCUT2D eigenvalue weighted by atomic mass is 16.4. The van der Waals surface area contributed by atoms with E-state index in [2.05, 4.69) is 5.32 Å². The minimum Gasteiger partial charge on any atom is -0.481 e. The van der Waals surface area contributed by atoms with E-state index in [0.717, 1.165) is 0 Å². The van der Waals surface area contributed by atoms with Gasteiger partial charge in [-0.05, 0) is 18.8 Å². The molecule has 0 unspecified atom stereocenters. The first kappa shape index (κ1) is 11.0. The Bertz CT molecular complexity index is 250. The first-order chi connectivity index (χ1) is 6.49. The van der Waals surface area contributed by atoms with Gasteiger partial charge in [0.05, 0.1) is 5.41 Å². The number of amides is 1. The topological polar surface area (TPSA) is 66.4 Å². The largest absolute Gasteiger partial charge is 0.481 e. The summed E-state index contributed by atoms with van der Waals surface area (Å²) in [6.07, 6.45) is 1.31. The van der Waals surface area contributed by atoms with Crippen LogP contribution in [0.4, 0.5) is 0 Å². The molecule has 1 atom stereocenters. The van der Waals surface area contributed by atoms with Crippen molar-refractivity contribution in [1.82, 2.24) is 5.32 Å². The number of hydrogen-bond donors (Lipinski definition) is 2. The van der Waals surface area contributed by atoms with Crippen LogP contribution in [0, 0.1) is 11.3 Å². The van der Waals surface area contributed by atoms with E-state index in [1.165, 1.54) is 0 Å². The van der Waals surface area contributed by atoms with Gasteiger partial charge >= 0.3 is 5.97 Å². The van der Waals surface area contributed by atoms with Gasteiger partial charge in [0, 0.05) is 13.0 Å². The third-order valence-corrected chi connectivity index (χ3v) is 3.22. The molecule has 1 rings (SSSR count). The van der Waals surface area contributed by atoms with Crippen LogP contribution in [0.3, 0.4) is 0 Å². The lowest BCUT2D eigenvalue weighted by Crippen LogP contribution is -2.37. The van der Waals surface area contributed by atoms with Crippen LogP contribution in [0.5, 0.6) is 0 Å². The number of rotatable bonds is 2. The van der Waals surface area contributed by atoms with E-state index < -0.39 is 11.4 Å². The van der Waals surface area contributed by atoms with E-state index >= 15 is 0 Å². The van der Waals surface area contributed by atoms with Gasteiger partial charge in [0.25, 0.3) is 0 Å². The summed E-state index contributed by atoms with van der Waals surface area (Å²) in [6, 6.07) is 0. The van der Waals surface area contributed by atoms with Gasteiger partial charge in [0.1, 0.15) is 0 Å². The lowest BCUT2D eigenvalue weighted by atomic mass is 9.72. The molecule has 0 spiro atoms.